The summed E-state index contributed by atoms with van der Waals surface area (Å²) in [6.45, 7) is 2.36. The Hall–Kier alpha value is -1.65. The summed E-state index contributed by atoms with van der Waals surface area (Å²) < 4.78 is 6.47. The number of hydrogen-bond donors (Lipinski definition) is 0. The summed E-state index contributed by atoms with van der Waals surface area (Å²) >= 11 is 0. The smallest absolute Gasteiger partial charge is 0.302 e. The van der Waals surface area contributed by atoms with Crippen molar-refractivity contribution in [3.8, 4) is 0 Å². The van der Waals surface area contributed by atoms with Crippen LogP contribution in [0.2, 0.25) is 0 Å². The van der Waals surface area contributed by atoms with Crippen LogP contribution < -0.4 is 0 Å². The molecule has 0 N–H and O–H groups in total. The monoisotopic (exact) mass is 196 g/mol. The number of esters is 1. The Bertz CT molecular complexity index is 320. The number of carbonyl (C=O) groups is 2. The second-order valence-corrected chi connectivity index (χ2v) is 2.79. The van der Waals surface area contributed by atoms with Crippen LogP contribution in [0.5, 0.6) is 0 Å². The van der Waals surface area contributed by atoms with Crippen LogP contribution in [-0.2, 0) is 16.1 Å². The van der Waals surface area contributed by atoms with Gasteiger partial charge in [-0.25, -0.2) is 4.98 Å². The van der Waals surface area contributed by atoms with E-state index in [1.165, 1.54) is 6.92 Å². The number of aromatic nitrogens is 2. The topological polar surface area (TPSA) is 61.2 Å². The first-order valence-electron chi connectivity index (χ1n) is 4.33. The number of carbonyl (C=O) groups excluding carboxylic acids is 2. The summed E-state index contributed by atoms with van der Waals surface area (Å²) in [6.07, 6.45) is 4.66. The molecule has 0 aliphatic heterocycles. The number of rotatable bonds is 5. The lowest BCUT2D eigenvalue weighted by Gasteiger charge is -2.03. The normalized spacial score (nSPS) is 9.79. The minimum Gasteiger partial charge on any atom is -0.466 e. The minimum atomic E-state index is -0.286. The summed E-state index contributed by atoms with van der Waals surface area (Å²) in [7, 11) is 0. The van der Waals surface area contributed by atoms with Gasteiger partial charge in [0.2, 0.25) is 0 Å². The van der Waals surface area contributed by atoms with Gasteiger partial charge in [-0.3, -0.25) is 9.59 Å². The molecule has 1 rings (SSSR count). The van der Waals surface area contributed by atoms with Crippen LogP contribution in [0.1, 0.15) is 24.0 Å². The van der Waals surface area contributed by atoms with Gasteiger partial charge >= 0.3 is 5.97 Å². The van der Waals surface area contributed by atoms with Gasteiger partial charge in [0, 0.05) is 25.9 Å². The first kappa shape index (κ1) is 10.4. The maximum absolute atomic E-state index is 10.5. The van der Waals surface area contributed by atoms with Crippen molar-refractivity contribution in [2.45, 2.75) is 19.9 Å². The summed E-state index contributed by atoms with van der Waals surface area (Å²) in [5, 5.41) is 0. The molecule has 0 unspecified atom stereocenters. The molecule has 14 heavy (non-hydrogen) atoms. The van der Waals surface area contributed by atoms with E-state index < -0.39 is 0 Å². The fourth-order valence-electron chi connectivity index (χ4n) is 1.08. The number of ether oxygens (including phenoxy) is 1. The highest BCUT2D eigenvalue weighted by Crippen LogP contribution is 1.96. The molecule has 0 atom stereocenters. The zero-order chi connectivity index (χ0) is 10.4. The first-order valence-corrected chi connectivity index (χ1v) is 4.33. The quantitative estimate of drug-likeness (QED) is 0.394. The summed E-state index contributed by atoms with van der Waals surface area (Å²) in [6, 6.07) is 0. The molecule has 0 amide bonds. The van der Waals surface area contributed by atoms with E-state index in [-0.39, 0.29) is 5.97 Å². The van der Waals surface area contributed by atoms with Crippen molar-refractivity contribution in [3.63, 3.8) is 0 Å². The molecule has 0 spiro atoms. The summed E-state index contributed by atoms with van der Waals surface area (Å²) in [4.78, 5) is 24.7. The lowest BCUT2D eigenvalue weighted by molar-refractivity contribution is -0.141. The summed E-state index contributed by atoms with van der Waals surface area (Å²) in [5.74, 6) is 0.110. The Labute approximate surface area is 81.7 Å². The predicted octanol–water partition coefficient (Wildman–Crippen LogP) is 0.649. The molecular formula is C9H12N2O3. The molecule has 1 aromatic heterocycles. The maximum Gasteiger partial charge on any atom is 0.302 e. The highest BCUT2D eigenvalue weighted by atomic mass is 16.5. The van der Waals surface area contributed by atoms with Gasteiger partial charge in [-0.1, -0.05) is 0 Å². The van der Waals surface area contributed by atoms with Crippen molar-refractivity contribution in [2.24, 2.45) is 0 Å². The fraction of sp³-hybridized carbons (Fsp3) is 0.444. The van der Waals surface area contributed by atoms with Crippen molar-refractivity contribution in [1.82, 2.24) is 9.55 Å². The summed E-state index contributed by atoms with van der Waals surface area (Å²) in [5.41, 5.74) is 0. The molecule has 0 aromatic carbocycles. The van der Waals surface area contributed by atoms with Gasteiger partial charge < -0.3 is 9.30 Å². The number of imidazole rings is 1. The van der Waals surface area contributed by atoms with E-state index in [0.29, 0.717) is 31.7 Å². The van der Waals surface area contributed by atoms with Crippen LogP contribution in [-0.4, -0.2) is 28.4 Å². The molecule has 0 aliphatic carbocycles. The largest absolute Gasteiger partial charge is 0.466 e. The predicted molar refractivity (Wildman–Crippen MR) is 48.9 cm³/mol. The lowest BCUT2D eigenvalue weighted by atomic mass is 10.4. The lowest BCUT2D eigenvalue weighted by Crippen LogP contribution is -2.07. The van der Waals surface area contributed by atoms with Crippen molar-refractivity contribution < 1.29 is 14.3 Å². The molecular weight excluding hydrogens is 184 g/mol. The molecule has 0 fully saturated rings. The third-order valence-electron chi connectivity index (χ3n) is 1.70. The molecule has 1 heterocycles. The van der Waals surface area contributed by atoms with Gasteiger partial charge in [0.1, 0.15) is 0 Å². The number of hydrogen-bond acceptors (Lipinski definition) is 4. The van der Waals surface area contributed by atoms with E-state index >= 15 is 0 Å². The highest BCUT2D eigenvalue weighted by Gasteiger charge is 2.00. The van der Waals surface area contributed by atoms with Crippen LogP contribution in [0, 0.1) is 0 Å². The van der Waals surface area contributed by atoms with Crippen molar-refractivity contribution in [3.05, 3.63) is 18.2 Å². The van der Waals surface area contributed by atoms with E-state index in [9.17, 15) is 9.59 Å². The van der Waals surface area contributed by atoms with Crippen LogP contribution in [0.15, 0.2) is 12.4 Å². The molecule has 5 nitrogen and oxygen atoms in total. The first-order chi connectivity index (χ1) is 6.74. The van der Waals surface area contributed by atoms with Gasteiger partial charge in [0.15, 0.2) is 12.1 Å². The molecule has 0 saturated heterocycles. The van der Waals surface area contributed by atoms with Crippen molar-refractivity contribution >= 4 is 12.3 Å². The minimum absolute atomic E-state index is 0.286. The Kier molecular flexibility index (Phi) is 3.84. The van der Waals surface area contributed by atoms with E-state index in [0.717, 1.165) is 0 Å². The Morgan fingerprint density at radius 1 is 1.71 bits per heavy atom. The molecule has 0 saturated carbocycles. The molecule has 0 bridgehead atoms. The van der Waals surface area contributed by atoms with Crippen LogP contribution in [0.3, 0.4) is 0 Å². The van der Waals surface area contributed by atoms with Gasteiger partial charge in [-0.05, 0) is 6.42 Å². The second kappa shape index (κ2) is 5.16. The highest BCUT2D eigenvalue weighted by molar-refractivity contribution is 5.69. The Morgan fingerprint density at radius 3 is 3.14 bits per heavy atom. The van der Waals surface area contributed by atoms with Crippen molar-refractivity contribution in [2.75, 3.05) is 6.61 Å². The van der Waals surface area contributed by atoms with E-state index in [4.69, 9.17) is 4.74 Å². The number of nitrogens with zero attached hydrogens (tertiary/aromatic N) is 2. The SMILES string of the molecule is CC(=O)OCCCn1ccnc1C=O. The standard InChI is InChI=1S/C9H12N2O3/c1-8(13)14-6-2-4-11-5-3-10-9(11)7-12/h3,5,7H,2,4,6H2,1H3. The maximum atomic E-state index is 10.5. The van der Waals surface area contributed by atoms with Crippen LogP contribution in [0.4, 0.5) is 0 Å². The fourth-order valence-corrected chi connectivity index (χ4v) is 1.08. The zero-order valence-electron chi connectivity index (χ0n) is 7.97. The third kappa shape index (κ3) is 3.01. The third-order valence-corrected chi connectivity index (χ3v) is 1.70. The molecule has 0 aliphatic rings. The molecule has 1 aromatic rings. The van der Waals surface area contributed by atoms with E-state index in [1.54, 1.807) is 17.0 Å². The van der Waals surface area contributed by atoms with Crippen molar-refractivity contribution in [1.29, 1.82) is 0 Å². The second-order valence-electron chi connectivity index (χ2n) is 2.79. The van der Waals surface area contributed by atoms with E-state index in [1.807, 2.05) is 0 Å². The zero-order valence-corrected chi connectivity index (χ0v) is 7.97. The van der Waals surface area contributed by atoms with Crippen LogP contribution >= 0.6 is 0 Å². The number of aldehydes is 1. The average Bonchev–Trinajstić information content (AvgIpc) is 2.59. The molecule has 0 radical (unpaired) electrons. The Balaban J connectivity index is 2.31. The molecule has 5 heteroatoms. The van der Waals surface area contributed by atoms with Crippen LogP contribution in [0.25, 0.3) is 0 Å². The van der Waals surface area contributed by atoms with Gasteiger partial charge in [0.25, 0.3) is 0 Å². The molecule has 76 valence electrons. The number of aryl methyl sites for hydroxylation is 1. The Morgan fingerprint density at radius 2 is 2.50 bits per heavy atom. The van der Waals surface area contributed by atoms with Gasteiger partial charge in [0.05, 0.1) is 6.61 Å². The van der Waals surface area contributed by atoms with E-state index in [2.05, 4.69) is 4.98 Å². The van der Waals surface area contributed by atoms with Gasteiger partial charge in [-0.2, -0.15) is 0 Å². The average molecular weight is 196 g/mol. The van der Waals surface area contributed by atoms with Gasteiger partial charge in [-0.15, -0.1) is 0 Å².